The van der Waals surface area contributed by atoms with E-state index in [2.05, 4.69) is 31.0 Å². The zero-order valence-electron chi connectivity index (χ0n) is 7.24. The number of pyridine rings is 1. The first-order chi connectivity index (χ1) is 5.77. The van der Waals surface area contributed by atoms with Gasteiger partial charge in [-0.2, -0.15) is 0 Å². The number of fused-ring (bicyclic) bond motifs is 1. The Labute approximate surface area is 76.1 Å². The summed E-state index contributed by atoms with van der Waals surface area (Å²) in [4.78, 5) is 5.71. The lowest BCUT2D eigenvalue weighted by Gasteiger charge is -1.95. The van der Waals surface area contributed by atoms with E-state index in [0.29, 0.717) is 5.92 Å². The second kappa shape index (κ2) is 2.87. The summed E-state index contributed by atoms with van der Waals surface area (Å²) in [5, 5.41) is 0. The first kappa shape index (κ1) is 7.74. The molecule has 2 rings (SSSR count). The van der Waals surface area contributed by atoms with Crippen molar-refractivity contribution in [3.05, 3.63) is 29.3 Å². The first-order valence-corrected chi connectivity index (χ1v) is 4.93. The van der Waals surface area contributed by atoms with Crippen molar-refractivity contribution in [2.24, 2.45) is 0 Å². The molecule has 0 saturated heterocycles. The van der Waals surface area contributed by atoms with Gasteiger partial charge in [0.05, 0.1) is 10.2 Å². The first-order valence-electron chi connectivity index (χ1n) is 4.12. The van der Waals surface area contributed by atoms with Crippen LogP contribution in [0.2, 0.25) is 0 Å². The largest absolute Gasteiger partial charge is 0.255 e. The van der Waals surface area contributed by atoms with Gasteiger partial charge in [-0.05, 0) is 24.1 Å². The summed E-state index contributed by atoms with van der Waals surface area (Å²) in [7, 11) is 0. The molecule has 0 aliphatic rings. The Balaban J connectivity index is 2.62. The number of rotatable bonds is 1. The standard InChI is InChI=1S/C10H11NS/c1-7(2)10-6-8-9(12-10)4-3-5-11-8/h3-7H,1-2H3. The molecule has 0 amide bonds. The van der Waals surface area contributed by atoms with Crippen molar-refractivity contribution < 1.29 is 0 Å². The minimum atomic E-state index is 0.615. The van der Waals surface area contributed by atoms with Gasteiger partial charge in [0.2, 0.25) is 0 Å². The van der Waals surface area contributed by atoms with Crippen LogP contribution in [-0.4, -0.2) is 4.98 Å². The van der Waals surface area contributed by atoms with E-state index in [9.17, 15) is 0 Å². The van der Waals surface area contributed by atoms with Crippen LogP contribution in [0.4, 0.5) is 0 Å². The van der Waals surface area contributed by atoms with Crippen molar-refractivity contribution >= 4 is 21.6 Å². The van der Waals surface area contributed by atoms with Crippen molar-refractivity contribution in [1.29, 1.82) is 0 Å². The Kier molecular flexibility index (Phi) is 1.85. The van der Waals surface area contributed by atoms with E-state index in [-0.39, 0.29) is 0 Å². The zero-order valence-corrected chi connectivity index (χ0v) is 8.06. The predicted octanol–water partition coefficient (Wildman–Crippen LogP) is 3.42. The molecule has 0 aliphatic heterocycles. The number of hydrogen-bond acceptors (Lipinski definition) is 2. The Morgan fingerprint density at radius 3 is 2.92 bits per heavy atom. The van der Waals surface area contributed by atoms with Crippen molar-refractivity contribution in [1.82, 2.24) is 4.98 Å². The minimum absolute atomic E-state index is 0.615. The molecule has 1 nitrogen and oxygen atoms in total. The molecular weight excluding hydrogens is 166 g/mol. The van der Waals surface area contributed by atoms with Crippen LogP contribution in [-0.2, 0) is 0 Å². The second-order valence-corrected chi connectivity index (χ2v) is 4.31. The number of hydrogen-bond donors (Lipinski definition) is 0. The van der Waals surface area contributed by atoms with Crippen molar-refractivity contribution in [3.8, 4) is 0 Å². The van der Waals surface area contributed by atoms with Gasteiger partial charge in [-0.1, -0.05) is 13.8 Å². The molecule has 0 aromatic carbocycles. The highest BCUT2D eigenvalue weighted by molar-refractivity contribution is 7.19. The fourth-order valence-electron chi connectivity index (χ4n) is 1.17. The molecule has 2 heteroatoms. The molecule has 2 aromatic heterocycles. The van der Waals surface area contributed by atoms with E-state index in [0.717, 1.165) is 5.52 Å². The van der Waals surface area contributed by atoms with Crippen LogP contribution in [0.1, 0.15) is 24.6 Å². The second-order valence-electron chi connectivity index (χ2n) is 3.19. The van der Waals surface area contributed by atoms with E-state index in [1.54, 1.807) is 0 Å². The van der Waals surface area contributed by atoms with Gasteiger partial charge >= 0.3 is 0 Å². The molecule has 0 fully saturated rings. The molecule has 0 spiro atoms. The fourth-order valence-corrected chi connectivity index (χ4v) is 2.20. The highest BCUT2D eigenvalue weighted by Gasteiger charge is 2.04. The molecule has 2 aromatic rings. The predicted molar refractivity (Wildman–Crippen MR) is 53.7 cm³/mol. The summed E-state index contributed by atoms with van der Waals surface area (Å²) in [6.07, 6.45) is 1.85. The fraction of sp³-hybridized carbons (Fsp3) is 0.300. The van der Waals surface area contributed by atoms with Crippen LogP contribution in [0.15, 0.2) is 24.4 Å². The monoisotopic (exact) mass is 177 g/mol. The zero-order chi connectivity index (χ0) is 8.55. The molecular formula is C10H11NS. The summed E-state index contributed by atoms with van der Waals surface area (Å²) in [5.41, 5.74) is 1.13. The normalized spacial score (nSPS) is 11.2. The highest BCUT2D eigenvalue weighted by Crippen LogP contribution is 2.28. The average molecular weight is 177 g/mol. The molecule has 0 saturated carbocycles. The van der Waals surface area contributed by atoms with E-state index in [1.807, 2.05) is 23.6 Å². The molecule has 0 radical (unpaired) electrons. The molecule has 0 N–H and O–H groups in total. The van der Waals surface area contributed by atoms with Gasteiger partial charge in [-0.3, -0.25) is 4.98 Å². The van der Waals surface area contributed by atoms with E-state index >= 15 is 0 Å². The molecule has 0 aliphatic carbocycles. The molecule has 2 heterocycles. The van der Waals surface area contributed by atoms with Crippen LogP contribution in [0.5, 0.6) is 0 Å². The van der Waals surface area contributed by atoms with Crippen LogP contribution in [0, 0.1) is 0 Å². The summed E-state index contributed by atoms with van der Waals surface area (Å²) >= 11 is 1.84. The van der Waals surface area contributed by atoms with E-state index in [4.69, 9.17) is 0 Å². The van der Waals surface area contributed by atoms with Gasteiger partial charge in [-0.15, -0.1) is 11.3 Å². The number of nitrogens with zero attached hydrogens (tertiary/aromatic N) is 1. The van der Waals surface area contributed by atoms with Crippen LogP contribution in [0.3, 0.4) is 0 Å². The lowest BCUT2D eigenvalue weighted by atomic mass is 10.2. The molecule has 62 valence electrons. The Morgan fingerprint density at radius 1 is 1.42 bits per heavy atom. The van der Waals surface area contributed by atoms with Gasteiger partial charge in [0, 0.05) is 11.1 Å². The smallest absolute Gasteiger partial charge is 0.0812 e. The SMILES string of the molecule is CC(C)c1cc2ncccc2s1. The van der Waals surface area contributed by atoms with E-state index in [1.165, 1.54) is 9.58 Å². The number of thiophene rings is 1. The third-order valence-corrected chi connectivity index (χ3v) is 3.27. The van der Waals surface area contributed by atoms with Crippen LogP contribution < -0.4 is 0 Å². The number of aromatic nitrogens is 1. The summed E-state index contributed by atoms with van der Waals surface area (Å²) < 4.78 is 1.29. The topological polar surface area (TPSA) is 12.9 Å². The maximum absolute atomic E-state index is 4.29. The van der Waals surface area contributed by atoms with Crippen molar-refractivity contribution in [3.63, 3.8) is 0 Å². The van der Waals surface area contributed by atoms with Gasteiger partial charge in [0.15, 0.2) is 0 Å². The summed E-state index contributed by atoms with van der Waals surface area (Å²) in [6.45, 7) is 4.43. The van der Waals surface area contributed by atoms with Crippen LogP contribution in [0.25, 0.3) is 10.2 Å². The third-order valence-electron chi connectivity index (χ3n) is 1.88. The minimum Gasteiger partial charge on any atom is -0.255 e. The Hall–Kier alpha value is -0.890. The summed E-state index contributed by atoms with van der Waals surface area (Å²) in [5.74, 6) is 0.615. The molecule has 0 unspecified atom stereocenters. The summed E-state index contributed by atoms with van der Waals surface area (Å²) in [6, 6.07) is 6.30. The molecule has 0 bridgehead atoms. The van der Waals surface area contributed by atoms with Crippen molar-refractivity contribution in [2.75, 3.05) is 0 Å². The lowest BCUT2D eigenvalue weighted by molar-refractivity contribution is 0.890. The maximum atomic E-state index is 4.29. The highest BCUT2D eigenvalue weighted by atomic mass is 32.1. The molecule has 12 heavy (non-hydrogen) atoms. The average Bonchev–Trinajstić information content (AvgIpc) is 2.46. The third kappa shape index (κ3) is 1.23. The molecule has 0 atom stereocenters. The Morgan fingerprint density at radius 2 is 2.25 bits per heavy atom. The maximum Gasteiger partial charge on any atom is 0.0812 e. The van der Waals surface area contributed by atoms with Crippen molar-refractivity contribution in [2.45, 2.75) is 19.8 Å². The van der Waals surface area contributed by atoms with E-state index < -0.39 is 0 Å². The van der Waals surface area contributed by atoms with Gasteiger partial charge < -0.3 is 0 Å². The quantitative estimate of drug-likeness (QED) is 0.650. The van der Waals surface area contributed by atoms with Gasteiger partial charge in [0.25, 0.3) is 0 Å². The Bertz CT molecular complexity index is 356. The lowest BCUT2D eigenvalue weighted by Crippen LogP contribution is -1.77. The van der Waals surface area contributed by atoms with Gasteiger partial charge in [0.1, 0.15) is 0 Å². The van der Waals surface area contributed by atoms with Gasteiger partial charge in [-0.25, -0.2) is 0 Å². The van der Waals surface area contributed by atoms with Crippen LogP contribution >= 0.6 is 11.3 Å².